The number of nitrogens with one attached hydrogen (secondary N) is 2. The number of hydrogen-bond donors (Lipinski definition) is 2. The number of carbonyl (C=O) groups is 1. The molecule has 0 radical (unpaired) electrons. The molecule has 2 N–H and O–H groups in total. The third-order valence-corrected chi connectivity index (χ3v) is 2.74. The number of alkyl carbamates (subject to hydrolysis) is 1. The SMILES string of the molecule is CCOC(=O)N/C(C)=C\C(=N)Oc1c(F)cc(C(F)(F)F)cc1Cl. The van der Waals surface area contributed by atoms with E-state index in [4.69, 9.17) is 21.7 Å². The van der Waals surface area contributed by atoms with Crippen LogP contribution in [-0.4, -0.2) is 18.6 Å². The van der Waals surface area contributed by atoms with Crippen LogP contribution in [0.5, 0.6) is 5.75 Å². The second-order valence-corrected chi connectivity index (χ2v) is 4.81. The highest BCUT2D eigenvalue weighted by Crippen LogP contribution is 2.36. The molecule has 0 saturated heterocycles. The van der Waals surface area contributed by atoms with Gasteiger partial charge in [0.05, 0.1) is 17.2 Å². The molecule has 1 aromatic rings. The molecule has 0 bridgehead atoms. The van der Waals surface area contributed by atoms with Crippen LogP contribution in [0.4, 0.5) is 22.4 Å². The van der Waals surface area contributed by atoms with E-state index in [2.05, 4.69) is 10.1 Å². The van der Waals surface area contributed by atoms with Crippen molar-refractivity contribution in [1.82, 2.24) is 5.32 Å². The Morgan fingerprint density at radius 2 is 2.04 bits per heavy atom. The topological polar surface area (TPSA) is 71.4 Å². The van der Waals surface area contributed by atoms with Gasteiger partial charge in [-0.2, -0.15) is 13.2 Å². The third kappa shape index (κ3) is 5.73. The summed E-state index contributed by atoms with van der Waals surface area (Å²) in [6.07, 6.45) is -4.53. The Hall–Kier alpha value is -2.29. The normalized spacial score (nSPS) is 11.9. The average Bonchev–Trinajstić information content (AvgIpc) is 2.41. The molecule has 24 heavy (non-hydrogen) atoms. The zero-order valence-corrected chi connectivity index (χ0v) is 13.3. The first-order valence-electron chi connectivity index (χ1n) is 6.49. The van der Waals surface area contributed by atoms with E-state index >= 15 is 0 Å². The standard InChI is InChI=1S/C14H13ClF4N2O3/c1-3-23-13(22)21-7(2)4-11(20)24-12-9(15)5-8(6-10(12)16)14(17,18)19/h4-6,20H,3H2,1-2H3,(H,21,22)/b7-4-,20-11?. The number of allylic oxidation sites excluding steroid dienone is 1. The molecule has 0 aliphatic carbocycles. The average molecular weight is 369 g/mol. The second-order valence-electron chi connectivity index (χ2n) is 4.41. The zero-order valence-electron chi connectivity index (χ0n) is 12.6. The summed E-state index contributed by atoms with van der Waals surface area (Å²) in [5, 5.41) is 9.15. The lowest BCUT2D eigenvalue weighted by molar-refractivity contribution is -0.137. The van der Waals surface area contributed by atoms with Crippen LogP contribution < -0.4 is 10.1 Å². The van der Waals surface area contributed by atoms with E-state index in [1.165, 1.54) is 6.92 Å². The van der Waals surface area contributed by atoms with Gasteiger partial charge in [-0.05, 0) is 26.0 Å². The van der Waals surface area contributed by atoms with Crippen molar-refractivity contribution in [3.05, 3.63) is 40.3 Å². The van der Waals surface area contributed by atoms with Gasteiger partial charge in [0.25, 0.3) is 0 Å². The van der Waals surface area contributed by atoms with Crippen LogP contribution in [0.1, 0.15) is 19.4 Å². The number of carbonyl (C=O) groups excluding carboxylic acids is 1. The Morgan fingerprint density at radius 1 is 1.42 bits per heavy atom. The summed E-state index contributed by atoms with van der Waals surface area (Å²) >= 11 is 5.57. The quantitative estimate of drug-likeness (QED) is 0.467. The molecular weight excluding hydrogens is 356 g/mol. The Labute approximate surface area is 139 Å². The smallest absolute Gasteiger partial charge is 0.416 e. The molecule has 0 unspecified atom stereocenters. The lowest BCUT2D eigenvalue weighted by Crippen LogP contribution is -2.23. The minimum absolute atomic E-state index is 0.138. The number of rotatable bonds is 4. The lowest BCUT2D eigenvalue weighted by atomic mass is 10.2. The van der Waals surface area contributed by atoms with Crippen LogP contribution in [0.2, 0.25) is 5.02 Å². The highest BCUT2D eigenvalue weighted by molar-refractivity contribution is 6.32. The van der Waals surface area contributed by atoms with Gasteiger partial charge in [-0.3, -0.25) is 10.7 Å². The number of halogens is 5. The molecule has 1 amide bonds. The summed E-state index contributed by atoms with van der Waals surface area (Å²) in [6.45, 7) is 3.14. The van der Waals surface area contributed by atoms with Crippen molar-refractivity contribution in [3.8, 4) is 5.75 Å². The predicted molar refractivity (Wildman–Crippen MR) is 78.7 cm³/mol. The zero-order chi connectivity index (χ0) is 18.5. The van der Waals surface area contributed by atoms with Gasteiger partial charge in [0.2, 0.25) is 5.90 Å². The van der Waals surface area contributed by atoms with E-state index in [9.17, 15) is 22.4 Å². The van der Waals surface area contributed by atoms with Crippen molar-refractivity contribution in [3.63, 3.8) is 0 Å². The van der Waals surface area contributed by atoms with Gasteiger partial charge in [0.15, 0.2) is 11.6 Å². The van der Waals surface area contributed by atoms with Gasteiger partial charge in [-0.25, -0.2) is 9.18 Å². The summed E-state index contributed by atoms with van der Waals surface area (Å²) in [5.41, 5.74) is -1.14. The first-order chi connectivity index (χ1) is 11.0. The van der Waals surface area contributed by atoms with Crippen LogP contribution in [0.15, 0.2) is 23.9 Å². The summed E-state index contributed by atoms with van der Waals surface area (Å²) < 4.78 is 60.7. The fourth-order valence-electron chi connectivity index (χ4n) is 1.52. The summed E-state index contributed by atoms with van der Waals surface area (Å²) in [5.74, 6) is -2.75. The molecule has 10 heteroatoms. The van der Waals surface area contributed by atoms with Crippen molar-refractivity contribution in [2.75, 3.05) is 6.61 Å². The molecule has 5 nitrogen and oxygen atoms in total. The number of benzene rings is 1. The Bertz CT molecular complexity index is 651. The first-order valence-corrected chi connectivity index (χ1v) is 6.87. The molecular formula is C14H13ClF4N2O3. The molecule has 0 saturated carbocycles. The van der Waals surface area contributed by atoms with Crippen molar-refractivity contribution < 1.29 is 31.8 Å². The Morgan fingerprint density at radius 3 is 2.54 bits per heavy atom. The highest BCUT2D eigenvalue weighted by Gasteiger charge is 2.32. The van der Waals surface area contributed by atoms with E-state index in [0.717, 1.165) is 6.08 Å². The number of amides is 1. The van der Waals surface area contributed by atoms with Crippen molar-refractivity contribution in [1.29, 1.82) is 5.41 Å². The third-order valence-electron chi connectivity index (χ3n) is 2.46. The maximum absolute atomic E-state index is 13.7. The van der Waals surface area contributed by atoms with Gasteiger partial charge in [-0.15, -0.1) is 0 Å². The maximum atomic E-state index is 13.7. The largest absolute Gasteiger partial charge is 0.450 e. The van der Waals surface area contributed by atoms with Gasteiger partial charge >= 0.3 is 12.3 Å². The van der Waals surface area contributed by atoms with Gasteiger partial charge in [0, 0.05) is 11.8 Å². The van der Waals surface area contributed by atoms with Crippen LogP contribution in [0.25, 0.3) is 0 Å². The molecule has 0 aliphatic rings. The van der Waals surface area contributed by atoms with Crippen LogP contribution in [0.3, 0.4) is 0 Å². The minimum Gasteiger partial charge on any atom is -0.450 e. The van der Waals surface area contributed by atoms with E-state index in [1.807, 2.05) is 0 Å². The number of ether oxygens (including phenoxy) is 2. The van der Waals surface area contributed by atoms with Crippen molar-refractivity contribution in [2.24, 2.45) is 0 Å². The first kappa shape index (κ1) is 19.8. The van der Waals surface area contributed by atoms with Gasteiger partial charge in [0.1, 0.15) is 0 Å². The van der Waals surface area contributed by atoms with Crippen LogP contribution >= 0.6 is 11.6 Å². The van der Waals surface area contributed by atoms with E-state index in [1.54, 1.807) is 6.92 Å². The molecule has 0 heterocycles. The highest BCUT2D eigenvalue weighted by atomic mass is 35.5. The van der Waals surface area contributed by atoms with Gasteiger partial charge < -0.3 is 9.47 Å². The monoisotopic (exact) mass is 368 g/mol. The molecule has 0 aliphatic heterocycles. The summed E-state index contributed by atoms with van der Waals surface area (Å²) in [7, 11) is 0. The molecule has 0 aromatic heterocycles. The van der Waals surface area contributed by atoms with Crippen LogP contribution in [0, 0.1) is 11.2 Å². The Balaban J connectivity index is 2.90. The fourth-order valence-corrected chi connectivity index (χ4v) is 1.77. The molecule has 0 atom stereocenters. The second kappa shape index (κ2) is 8.00. The maximum Gasteiger partial charge on any atom is 0.416 e. The van der Waals surface area contributed by atoms with Crippen molar-refractivity contribution in [2.45, 2.75) is 20.0 Å². The fraction of sp³-hybridized carbons (Fsp3) is 0.286. The minimum atomic E-state index is -4.77. The number of hydrogen-bond acceptors (Lipinski definition) is 4. The molecule has 0 fully saturated rings. The van der Waals surface area contributed by atoms with Crippen molar-refractivity contribution >= 4 is 23.6 Å². The molecule has 1 rings (SSSR count). The molecule has 1 aromatic carbocycles. The molecule has 132 valence electrons. The van der Waals surface area contributed by atoms with Gasteiger partial charge in [-0.1, -0.05) is 11.6 Å². The molecule has 0 spiro atoms. The Kier molecular flexibility index (Phi) is 6.59. The predicted octanol–water partition coefficient (Wildman–Crippen LogP) is 4.50. The summed E-state index contributed by atoms with van der Waals surface area (Å²) in [6, 6.07) is 0.697. The summed E-state index contributed by atoms with van der Waals surface area (Å²) in [4.78, 5) is 11.2. The van der Waals surface area contributed by atoms with E-state index in [-0.39, 0.29) is 18.4 Å². The van der Waals surface area contributed by atoms with E-state index in [0.29, 0.717) is 6.07 Å². The van der Waals surface area contributed by atoms with Crippen LogP contribution in [-0.2, 0) is 10.9 Å². The van der Waals surface area contributed by atoms with E-state index < -0.39 is 40.3 Å². The lowest BCUT2D eigenvalue weighted by Gasteiger charge is -2.12. The number of alkyl halides is 3.